The lowest BCUT2D eigenvalue weighted by molar-refractivity contribution is -0.132. The second kappa shape index (κ2) is 7.31. The van der Waals surface area contributed by atoms with Crippen LogP contribution in [0.25, 0.3) is 0 Å². The summed E-state index contributed by atoms with van der Waals surface area (Å²) in [5.41, 5.74) is 0.750. The number of rotatable bonds is 4. The van der Waals surface area contributed by atoms with Gasteiger partial charge in [-0.15, -0.1) is 11.8 Å². The number of nitrogens with one attached hydrogen (secondary N) is 1. The summed E-state index contributed by atoms with van der Waals surface area (Å²) in [6.07, 6.45) is 0. The standard InChI is InChI=1S/C14H18N2O3S/c1-11(17)15-12-4-2-3-5-13(12)20-10-14(18)16-6-8-19-9-7-16/h2-5H,6-10H2,1H3,(H,15,17). The van der Waals surface area contributed by atoms with Crippen molar-refractivity contribution in [3.05, 3.63) is 24.3 Å². The Morgan fingerprint density at radius 3 is 2.70 bits per heavy atom. The van der Waals surface area contributed by atoms with Gasteiger partial charge in [-0.3, -0.25) is 9.59 Å². The Bertz CT molecular complexity index is 487. The molecule has 0 bridgehead atoms. The van der Waals surface area contributed by atoms with E-state index in [0.29, 0.717) is 32.1 Å². The second-order valence-corrected chi connectivity index (χ2v) is 5.48. The Labute approximate surface area is 122 Å². The van der Waals surface area contributed by atoms with Gasteiger partial charge < -0.3 is 15.0 Å². The highest BCUT2D eigenvalue weighted by Crippen LogP contribution is 2.27. The van der Waals surface area contributed by atoms with Crippen LogP contribution >= 0.6 is 11.8 Å². The molecular formula is C14H18N2O3S. The van der Waals surface area contributed by atoms with Crippen LogP contribution in [0.15, 0.2) is 29.2 Å². The molecule has 1 fully saturated rings. The molecule has 0 aromatic heterocycles. The number of nitrogens with zero attached hydrogens (tertiary/aromatic N) is 1. The fourth-order valence-corrected chi connectivity index (χ4v) is 2.84. The summed E-state index contributed by atoms with van der Waals surface area (Å²) in [7, 11) is 0. The topological polar surface area (TPSA) is 58.6 Å². The highest BCUT2D eigenvalue weighted by molar-refractivity contribution is 8.00. The van der Waals surface area contributed by atoms with E-state index in [-0.39, 0.29) is 11.8 Å². The SMILES string of the molecule is CC(=O)Nc1ccccc1SCC(=O)N1CCOCC1. The summed E-state index contributed by atoms with van der Waals surface area (Å²) in [5, 5.41) is 2.77. The van der Waals surface area contributed by atoms with Gasteiger partial charge in [0.25, 0.3) is 0 Å². The number of morpholine rings is 1. The number of benzene rings is 1. The molecule has 2 rings (SSSR count). The predicted octanol–water partition coefficient (Wildman–Crippen LogP) is 1.60. The minimum atomic E-state index is -0.113. The average Bonchev–Trinajstić information content (AvgIpc) is 2.46. The quantitative estimate of drug-likeness (QED) is 0.857. The van der Waals surface area contributed by atoms with Gasteiger partial charge in [-0.05, 0) is 12.1 Å². The van der Waals surface area contributed by atoms with Gasteiger partial charge in [0.2, 0.25) is 11.8 Å². The number of hydrogen-bond acceptors (Lipinski definition) is 4. The van der Waals surface area contributed by atoms with Gasteiger partial charge >= 0.3 is 0 Å². The first-order valence-electron chi connectivity index (χ1n) is 6.52. The van der Waals surface area contributed by atoms with Crippen LogP contribution in [-0.4, -0.2) is 48.8 Å². The number of ether oxygens (including phenoxy) is 1. The summed E-state index contributed by atoms with van der Waals surface area (Å²) < 4.78 is 5.23. The summed E-state index contributed by atoms with van der Waals surface area (Å²) >= 11 is 1.44. The molecule has 1 aliphatic rings. The van der Waals surface area contributed by atoms with E-state index in [1.54, 1.807) is 0 Å². The lowest BCUT2D eigenvalue weighted by Gasteiger charge is -2.26. The van der Waals surface area contributed by atoms with Crippen LogP contribution in [0.3, 0.4) is 0 Å². The van der Waals surface area contributed by atoms with Crippen molar-refractivity contribution in [2.24, 2.45) is 0 Å². The number of thioether (sulfide) groups is 1. The van der Waals surface area contributed by atoms with E-state index in [1.165, 1.54) is 18.7 Å². The van der Waals surface area contributed by atoms with Gasteiger partial charge in [-0.1, -0.05) is 12.1 Å². The van der Waals surface area contributed by atoms with E-state index in [0.717, 1.165) is 10.6 Å². The van der Waals surface area contributed by atoms with Gasteiger partial charge in [0.1, 0.15) is 0 Å². The number of hydrogen-bond donors (Lipinski definition) is 1. The van der Waals surface area contributed by atoms with E-state index in [4.69, 9.17) is 4.74 Å². The lowest BCUT2D eigenvalue weighted by atomic mass is 10.3. The highest BCUT2D eigenvalue weighted by atomic mass is 32.2. The predicted molar refractivity (Wildman–Crippen MR) is 78.9 cm³/mol. The molecule has 0 atom stereocenters. The van der Waals surface area contributed by atoms with Gasteiger partial charge in [0, 0.05) is 24.9 Å². The molecule has 0 aliphatic carbocycles. The number of para-hydroxylation sites is 1. The van der Waals surface area contributed by atoms with Gasteiger partial charge in [-0.2, -0.15) is 0 Å². The first-order valence-corrected chi connectivity index (χ1v) is 7.50. The third-order valence-corrected chi connectivity index (χ3v) is 3.97. The number of amides is 2. The molecule has 0 radical (unpaired) electrons. The van der Waals surface area contributed by atoms with Gasteiger partial charge in [0.15, 0.2) is 0 Å². The van der Waals surface area contributed by atoms with Crippen LogP contribution in [0, 0.1) is 0 Å². The third-order valence-electron chi connectivity index (χ3n) is 2.91. The van der Waals surface area contributed by atoms with Crippen LogP contribution in [0.5, 0.6) is 0 Å². The van der Waals surface area contributed by atoms with Crippen LogP contribution in [0.2, 0.25) is 0 Å². The van der Waals surface area contributed by atoms with Crippen molar-refractivity contribution in [2.45, 2.75) is 11.8 Å². The van der Waals surface area contributed by atoms with E-state index < -0.39 is 0 Å². The van der Waals surface area contributed by atoms with Crippen molar-refractivity contribution in [1.29, 1.82) is 0 Å². The number of carbonyl (C=O) groups is 2. The maximum absolute atomic E-state index is 12.1. The smallest absolute Gasteiger partial charge is 0.233 e. The van der Waals surface area contributed by atoms with Crippen molar-refractivity contribution < 1.29 is 14.3 Å². The van der Waals surface area contributed by atoms with Crippen molar-refractivity contribution >= 4 is 29.3 Å². The third kappa shape index (κ3) is 4.25. The van der Waals surface area contributed by atoms with Crippen molar-refractivity contribution in [3.8, 4) is 0 Å². The summed E-state index contributed by atoms with van der Waals surface area (Å²) in [6.45, 7) is 4.01. The maximum atomic E-state index is 12.1. The Balaban J connectivity index is 1.92. The summed E-state index contributed by atoms with van der Waals surface area (Å²) in [5.74, 6) is 0.366. The van der Waals surface area contributed by atoms with E-state index in [1.807, 2.05) is 29.2 Å². The Kier molecular flexibility index (Phi) is 5.43. The fourth-order valence-electron chi connectivity index (χ4n) is 1.93. The van der Waals surface area contributed by atoms with Crippen molar-refractivity contribution in [1.82, 2.24) is 4.90 Å². The van der Waals surface area contributed by atoms with E-state index >= 15 is 0 Å². The molecule has 1 heterocycles. The monoisotopic (exact) mass is 294 g/mol. The molecule has 1 aromatic carbocycles. The summed E-state index contributed by atoms with van der Waals surface area (Å²) in [6, 6.07) is 7.50. The average molecular weight is 294 g/mol. The molecule has 1 aliphatic heterocycles. The molecular weight excluding hydrogens is 276 g/mol. The molecule has 5 nitrogen and oxygen atoms in total. The van der Waals surface area contributed by atoms with Crippen LogP contribution in [0.4, 0.5) is 5.69 Å². The second-order valence-electron chi connectivity index (χ2n) is 4.46. The van der Waals surface area contributed by atoms with Gasteiger partial charge in [0.05, 0.1) is 24.7 Å². The molecule has 1 N–H and O–H groups in total. The van der Waals surface area contributed by atoms with E-state index in [2.05, 4.69) is 5.32 Å². The zero-order valence-corrected chi connectivity index (χ0v) is 12.2. The maximum Gasteiger partial charge on any atom is 0.233 e. The minimum absolute atomic E-state index is 0.107. The number of anilines is 1. The summed E-state index contributed by atoms with van der Waals surface area (Å²) in [4.78, 5) is 25.9. The first kappa shape index (κ1) is 14.9. The molecule has 1 saturated heterocycles. The minimum Gasteiger partial charge on any atom is -0.378 e. The first-order chi connectivity index (χ1) is 9.66. The molecule has 0 saturated carbocycles. The molecule has 1 aromatic rings. The van der Waals surface area contributed by atoms with Crippen LogP contribution in [0.1, 0.15) is 6.92 Å². The van der Waals surface area contributed by atoms with Crippen LogP contribution < -0.4 is 5.32 Å². The largest absolute Gasteiger partial charge is 0.378 e. The molecule has 108 valence electrons. The Hall–Kier alpha value is -1.53. The number of carbonyl (C=O) groups excluding carboxylic acids is 2. The fraction of sp³-hybridized carbons (Fsp3) is 0.429. The molecule has 6 heteroatoms. The molecule has 0 spiro atoms. The highest BCUT2D eigenvalue weighted by Gasteiger charge is 2.17. The van der Waals surface area contributed by atoms with Crippen molar-refractivity contribution in [3.63, 3.8) is 0 Å². The zero-order valence-electron chi connectivity index (χ0n) is 11.4. The Morgan fingerprint density at radius 2 is 2.00 bits per heavy atom. The Morgan fingerprint density at radius 1 is 1.30 bits per heavy atom. The molecule has 20 heavy (non-hydrogen) atoms. The zero-order chi connectivity index (χ0) is 14.4. The van der Waals surface area contributed by atoms with E-state index in [9.17, 15) is 9.59 Å². The lowest BCUT2D eigenvalue weighted by Crippen LogP contribution is -2.41. The molecule has 2 amide bonds. The van der Waals surface area contributed by atoms with Crippen LogP contribution in [-0.2, 0) is 14.3 Å². The van der Waals surface area contributed by atoms with Gasteiger partial charge in [-0.25, -0.2) is 0 Å². The van der Waals surface area contributed by atoms with Crippen molar-refractivity contribution in [2.75, 3.05) is 37.4 Å². The molecule has 0 unspecified atom stereocenters. The normalized spacial score (nSPS) is 14.9.